The Balaban J connectivity index is 1.68. The normalized spacial score (nSPS) is 14.8. The topological polar surface area (TPSA) is 57.2 Å². The molecule has 0 radical (unpaired) electrons. The molecular weight excluding hydrogens is 260 g/mol. The number of hydrogen-bond acceptors (Lipinski definition) is 5. The number of aliphatic hydroxyl groups is 1. The Morgan fingerprint density at radius 1 is 1.10 bits per heavy atom. The van der Waals surface area contributed by atoms with Crippen molar-refractivity contribution in [2.75, 3.05) is 33.2 Å². The first-order valence-electron chi connectivity index (χ1n) is 6.90. The zero-order valence-electron chi connectivity index (χ0n) is 12.0. The molecule has 1 aromatic carbocycles. The van der Waals surface area contributed by atoms with Gasteiger partial charge in [0.15, 0.2) is 11.5 Å². The molecule has 0 spiro atoms. The number of rotatable bonds is 8. The molecule has 20 heavy (non-hydrogen) atoms. The van der Waals surface area contributed by atoms with Crippen LogP contribution in [0.15, 0.2) is 18.2 Å². The summed E-state index contributed by atoms with van der Waals surface area (Å²) in [7, 11) is 0. The molecule has 1 aliphatic heterocycles. The lowest BCUT2D eigenvalue weighted by atomic mass is 10.1. The highest BCUT2D eigenvalue weighted by atomic mass is 16.7. The lowest BCUT2D eigenvalue weighted by Crippen LogP contribution is -2.12. The first kappa shape index (κ1) is 15.1. The fourth-order valence-electron chi connectivity index (χ4n) is 1.85. The summed E-state index contributed by atoms with van der Waals surface area (Å²) in [4.78, 5) is 0. The van der Waals surface area contributed by atoms with Crippen molar-refractivity contribution in [3.8, 4) is 11.5 Å². The maximum Gasteiger partial charge on any atom is 0.231 e. The fraction of sp³-hybridized carbons (Fsp3) is 0.600. The van der Waals surface area contributed by atoms with Gasteiger partial charge in [-0.05, 0) is 23.6 Å². The predicted molar refractivity (Wildman–Crippen MR) is 74.0 cm³/mol. The van der Waals surface area contributed by atoms with Crippen LogP contribution in [-0.4, -0.2) is 38.3 Å². The Labute approximate surface area is 119 Å². The summed E-state index contributed by atoms with van der Waals surface area (Å²) in [5, 5.41) is 10.0. The third kappa shape index (κ3) is 4.37. The Morgan fingerprint density at radius 3 is 2.55 bits per heavy atom. The van der Waals surface area contributed by atoms with Gasteiger partial charge in [-0.3, -0.25) is 0 Å². The van der Waals surface area contributed by atoms with E-state index in [1.54, 1.807) is 12.1 Å². The van der Waals surface area contributed by atoms with Crippen LogP contribution in [0.5, 0.6) is 11.5 Å². The van der Waals surface area contributed by atoms with E-state index in [0.29, 0.717) is 30.6 Å². The largest absolute Gasteiger partial charge is 0.454 e. The van der Waals surface area contributed by atoms with Crippen LogP contribution >= 0.6 is 0 Å². The van der Waals surface area contributed by atoms with E-state index in [1.165, 1.54) is 0 Å². The Bertz CT molecular complexity index is 419. The van der Waals surface area contributed by atoms with Crippen LogP contribution in [0.1, 0.15) is 25.5 Å². The van der Waals surface area contributed by atoms with E-state index in [2.05, 4.69) is 13.8 Å². The summed E-state index contributed by atoms with van der Waals surface area (Å²) in [6, 6.07) is 5.40. The van der Waals surface area contributed by atoms with Crippen molar-refractivity contribution in [2.45, 2.75) is 20.0 Å². The van der Waals surface area contributed by atoms with Gasteiger partial charge in [-0.15, -0.1) is 0 Å². The Hall–Kier alpha value is -1.30. The van der Waals surface area contributed by atoms with Crippen molar-refractivity contribution in [1.29, 1.82) is 0 Å². The van der Waals surface area contributed by atoms with Crippen LogP contribution in [0.4, 0.5) is 0 Å². The maximum atomic E-state index is 10.0. The van der Waals surface area contributed by atoms with Crippen molar-refractivity contribution in [3.05, 3.63) is 23.8 Å². The molecule has 5 nitrogen and oxygen atoms in total. The molecule has 1 heterocycles. The van der Waals surface area contributed by atoms with Gasteiger partial charge in [0.2, 0.25) is 6.79 Å². The molecule has 0 saturated heterocycles. The average Bonchev–Trinajstić information content (AvgIpc) is 2.89. The average molecular weight is 282 g/mol. The zero-order valence-corrected chi connectivity index (χ0v) is 12.0. The summed E-state index contributed by atoms with van der Waals surface area (Å²) in [6.45, 7) is 6.44. The third-order valence-corrected chi connectivity index (χ3v) is 2.88. The molecule has 5 heteroatoms. The number of ether oxygens (including phenoxy) is 4. The van der Waals surface area contributed by atoms with Gasteiger partial charge in [0.05, 0.1) is 19.8 Å². The Kier molecular flexibility index (Phi) is 5.64. The molecule has 112 valence electrons. The molecule has 0 amide bonds. The SMILES string of the molecule is CC(C)COCCOCC(O)c1ccc2c(c1)OCO2. The van der Waals surface area contributed by atoms with E-state index in [4.69, 9.17) is 18.9 Å². The second-order valence-corrected chi connectivity index (χ2v) is 5.17. The van der Waals surface area contributed by atoms with Gasteiger partial charge in [-0.1, -0.05) is 19.9 Å². The van der Waals surface area contributed by atoms with Crippen LogP contribution in [0.2, 0.25) is 0 Å². The molecule has 2 rings (SSSR count). The third-order valence-electron chi connectivity index (χ3n) is 2.88. The standard InChI is InChI=1S/C15H22O5/c1-11(2)8-17-5-6-18-9-13(16)12-3-4-14-15(7-12)20-10-19-14/h3-4,7,11,13,16H,5-6,8-10H2,1-2H3. The fourth-order valence-corrected chi connectivity index (χ4v) is 1.85. The van der Waals surface area contributed by atoms with Gasteiger partial charge in [-0.25, -0.2) is 0 Å². The highest BCUT2D eigenvalue weighted by Crippen LogP contribution is 2.34. The van der Waals surface area contributed by atoms with Gasteiger partial charge in [0, 0.05) is 6.61 Å². The molecule has 1 atom stereocenters. The number of fused-ring (bicyclic) bond motifs is 1. The summed E-state index contributed by atoms with van der Waals surface area (Å²) < 4.78 is 21.3. The Morgan fingerprint density at radius 2 is 1.80 bits per heavy atom. The van der Waals surface area contributed by atoms with Crippen LogP contribution in [0, 0.1) is 5.92 Å². The smallest absolute Gasteiger partial charge is 0.231 e. The first-order valence-corrected chi connectivity index (χ1v) is 6.90. The van der Waals surface area contributed by atoms with E-state index in [0.717, 1.165) is 12.2 Å². The lowest BCUT2D eigenvalue weighted by Gasteiger charge is -2.12. The molecule has 1 N–H and O–H groups in total. The quantitative estimate of drug-likeness (QED) is 0.740. The molecule has 1 aliphatic rings. The molecule has 0 aromatic heterocycles. The molecule has 0 saturated carbocycles. The van der Waals surface area contributed by atoms with Gasteiger partial charge in [0.25, 0.3) is 0 Å². The monoisotopic (exact) mass is 282 g/mol. The molecule has 1 unspecified atom stereocenters. The zero-order chi connectivity index (χ0) is 14.4. The predicted octanol–water partition coefficient (Wildman–Crippen LogP) is 2.14. The summed E-state index contributed by atoms with van der Waals surface area (Å²) in [5.74, 6) is 1.90. The first-order chi connectivity index (χ1) is 9.66. The van der Waals surface area contributed by atoms with Crippen LogP contribution in [0.25, 0.3) is 0 Å². The number of benzene rings is 1. The van der Waals surface area contributed by atoms with Gasteiger partial charge < -0.3 is 24.1 Å². The van der Waals surface area contributed by atoms with Crippen molar-refractivity contribution in [1.82, 2.24) is 0 Å². The summed E-state index contributed by atoms with van der Waals surface area (Å²) >= 11 is 0. The van der Waals surface area contributed by atoms with Gasteiger partial charge in [0.1, 0.15) is 6.10 Å². The van der Waals surface area contributed by atoms with Crippen LogP contribution in [0.3, 0.4) is 0 Å². The van der Waals surface area contributed by atoms with E-state index in [-0.39, 0.29) is 13.4 Å². The van der Waals surface area contributed by atoms with Crippen molar-refractivity contribution < 1.29 is 24.1 Å². The van der Waals surface area contributed by atoms with Crippen molar-refractivity contribution in [2.24, 2.45) is 5.92 Å². The molecular formula is C15H22O5. The molecule has 0 bridgehead atoms. The highest BCUT2D eigenvalue weighted by molar-refractivity contribution is 5.45. The van der Waals surface area contributed by atoms with E-state index >= 15 is 0 Å². The summed E-state index contributed by atoms with van der Waals surface area (Å²) in [5.41, 5.74) is 0.761. The maximum absolute atomic E-state index is 10.0. The van der Waals surface area contributed by atoms with Crippen LogP contribution < -0.4 is 9.47 Å². The molecule has 0 aliphatic carbocycles. The summed E-state index contributed by atoms with van der Waals surface area (Å²) in [6.07, 6.45) is -0.672. The molecule has 1 aromatic rings. The number of hydrogen-bond donors (Lipinski definition) is 1. The van der Waals surface area contributed by atoms with Gasteiger partial charge >= 0.3 is 0 Å². The van der Waals surface area contributed by atoms with E-state index in [9.17, 15) is 5.11 Å². The second kappa shape index (κ2) is 7.47. The minimum absolute atomic E-state index is 0.235. The highest BCUT2D eigenvalue weighted by Gasteiger charge is 2.16. The second-order valence-electron chi connectivity index (χ2n) is 5.17. The van der Waals surface area contributed by atoms with Gasteiger partial charge in [-0.2, -0.15) is 0 Å². The number of aliphatic hydroxyl groups excluding tert-OH is 1. The van der Waals surface area contributed by atoms with E-state index in [1.807, 2.05) is 6.07 Å². The van der Waals surface area contributed by atoms with Crippen molar-refractivity contribution >= 4 is 0 Å². The molecule has 0 fully saturated rings. The minimum Gasteiger partial charge on any atom is -0.454 e. The van der Waals surface area contributed by atoms with Crippen LogP contribution in [-0.2, 0) is 9.47 Å². The minimum atomic E-state index is -0.672. The van der Waals surface area contributed by atoms with Crippen molar-refractivity contribution in [3.63, 3.8) is 0 Å². The van der Waals surface area contributed by atoms with E-state index < -0.39 is 6.10 Å². The lowest BCUT2D eigenvalue weighted by molar-refractivity contribution is -0.00126.